The van der Waals surface area contributed by atoms with Crippen molar-refractivity contribution in [1.29, 1.82) is 0 Å². The molecule has 2 aromatic carbocycles. The van der Waals surface area contributed by atoms with E-state index in [2.05, 4.69) is 5.32 Å². The van der Waals surface area contributed by atoms with Crippen LogP contribution in [-0.4, -0.2) is 29.2 Å². The number of anilines is 1. The Morgan fingerprint density at radius 1 is 1.15 bits per heavy atom. The second-order valence-electron chi connectivity index (χ2n) is 5.15. The van der Waals surface area contributed by atoms with E-state index in [0.29, 0.717) is 0 Å². The van der Waals surface area contributed by atoms with Gasteiger partial charge in [0.05, 0.1) is 10.5 Å². The smallest absolute Gasteiger partial charge is 0.345 e. The molecule has 0 aromatic heterocycles. The van der Waals surface area contributed by atoms with Crippen LogP contribution in [0.1, 0.15) is 27.6 Å². The van der Waals surface area contributed by atoms with Crippen molar-refractivity contribution in [3.63, 3.8) is 0 Å². The molecule has 0 saturated carbocycles. The quantitative estimate of drug-likeness (QED) is 0.366. The van der Waals surface area contributed by atoms with Crippen molar-refractivity contribution in [1.82, 2.24) is 0 Å². The van der Waals surface area contributed by atoms with Gasteiger partial charge in [-0.15, -0.1) is 0 Å². The number of Topliss-reactive ketones (excluding diaryl/α,β-unsaturated/α-hetero) is 1. The minimum absolute atomic E-state index is 0.170. The van der Waals surface area contributed by atoms with Gasteiger partial charge >= 0.3 is 5.97 Å². The van der Waals surface area contributed by atoms with Gasteiger partial charge in [0, 0.05) is 18.7 Å². The number of carbonyl (C=O) groups is 3. The van der Waals surface area contributed by atoms with Crippen LogP contribution in [-0.2, 0) is 9.53 Å². The Kier molecular flexibility index (Phi) is 5.74. The molecule has 0 fully saturated rings. The number of carbonyl (C=O) groups excluding carboxylic acids is 3. The Morgan fingerprint density at radius 3 is 2.46 bits per heavy atom. The number of nitro benzene ring substituents is 1. The lowest BCUT2D eigenvalue weighted by molar-refractivity contribution is -0.385. The van der Waals surface area contributed by atoms with Crippen molar-refractivity contribution >= 4 is 29.0 Å². The molecule has 2 rings (SSSR count). The topological polar surface area (TPSA) is 116 Å². The molecule has 0 aliphatic rings. The Hall–Kier alpha value is -3.62. The molecule has 0 atom stereocenters. The predicted octanol–water partition coefficient (Wildman–Crippen LogP) is 2.73. The van der Waals surface area contributed by atoms with E-state index in [4.69, 9.17) is 4.74 Å². The molecule has 0 unspecified atom stereocenters. The summed E-state index contributed by atoms with van der Waals surface area (Å²) in [5.74, 6) is -3.20. The fourth-order valence-electron chi connectivity index (χ4n) is 2.11. The number of amides is 1. The number of hydrogen-bond donors (Lipinski definition) is 1. The summed E-state index contributed by atoms with van der Waals surface area (Å²) in [5, 5.41) is 13.3. The first-order valence-corrected chi connectivity index (χ1v) is 7.30. The van der Waals surface area contributed by atoms with E-state index in [0.717, 1.165) is 18.2 Å². The highest BCUT2D eigenvalue weighted by molar-refractivity contribution is 6.01. The van der Waals surface area contributed by atoms with Gasteiger partial charge in [-0.3, -0.25) is 19.7 Å². The number of hydrogen-bond acceptors (Lipinski definition) is 6. The van der Waals surface area contributed by atoms with Crippen molar-refractivity contribution < 1.29 is 28.4 Å². The molecule has 8 nitrogen and oxygen atoms in total. The van der Waals surface area contributed by atoms with E-state index in [1.165, 1.54) is 31.2 Å². The molecular formula is C17H13FN2O6. The number of esters is 1. The van der Waals surface area contributed by atoms with E-state index >= 15 is 0 Å². The molecule has 0 aliphatic carbocycles. The number of nitro groups is 1. The zero-order chi connectivity index (χ0) is 19.3. The standard InChI is InChI=1S/C17H13FN2O6/c1-10(21)19-11-6-7-12(14(18)8-11)16(22)9-26-17(23)13-4-2-3-5-15(13)20(24)25/h2-8H,9H2,1H3,(H,19,21). The summed E-state index contributed by atoms with van der Waals surface area (Å²) < 4.78 is 18.7. The predicted molar refractivity (Wildman–Crippen MR) is 88.4 cm³/mol. The third-order valence-corrected chi connectivity index (χ3v) is 3.24. The number of ketones is 1. The van der Waals surface area contributed by atoms with Crippen LogP contribution in [0.2, 0.25) is 0 Å². The SMILES string of the molecule is CC(=O)Nc1ccc(C(=O)COC(=O)c2ccccc2[N+](=O)[O-])c(F)c1. The molecule has 0 saturated heterocycles. The first kappa shape index (κ1) is 18.7. The van der Waals surface area contributed by atoms with Gasteiger partial charge in [-0.2, -0.15) is 0 Å². The fourth-order valence-corrected chi connectivity index (χ4v) is 2.11. The molecule has 1 N–H and O–H groups in total. The number of nitrogens with zero attached hydrogens (tertiary/aromatic N) is 1. The summed E-state index contributed by atoms with van der Waals surface area (Å²) in [7, 11) is 0. The minimum atomic E-state index is -1.07. The molecule has 0 heterocycles. The van der Waals surface area contributed by atoms with Gasteiger partial charge in [0.25, 0.3) is 5.69 Å². The zero-order valence-electron chi connectivity index (χ0n) is 13.5. The number of nitrogens with one attached hydrogen (secondary N) is 1. The summed E-state index contributed by atoms with van der Waals surface area (Å²) in [4.78, 5) is 45.0. The molecule has 26 heavy (non-hydrogen) atoms. The van der Waals surface area contributed by atoms with Crippen LogP contribution in [0.25, 0.3) is 0 Å². The average molecular weight is 360 g/mol. The van der Waals surface area contributed by atoms with Crippen molar-refractivity contribution in [2.45, 2.75) is 6.92 Å². The highest BCUT2D eigenvalue weighted by Crippen LogP contribution is 2.19. The molecule has 0 bridgehead atoms. The van der Waals surface area contributed by atoms with Crippen molar-refractivity contribution in [3.8, 4) is 0 Å². The van der Waals surface area contributed by atoms with Crippen LogP contribution >= 0.6 is 0 Å². The zero-order valence-corrected chi connectivity index (χ0v) is 13.5. The van der Waals surface area contributed by atoms with Gasteiger partial charge in [0.15, 0.2) is 6.61 Å². The Balaban J connectivity index is 2.08. The van der Waals surface area contributed by atoms with E-state index in [9.17, 15) is 28.9 Å². The molecule has 0 spiro atoms. The van der Waals surface area contributed by atoms with Crippen LogP contribution in [0, 0.1) is 15.9 Å². The number of para-hydroxylation sites is 1. The second-order valence-corrected chi connectivity index (χ2v) is 5.15. The maximum atomic E-state index is 14.0. The van der Waals surface area contributed by atoms with E-state index in [1.807, 2.05) is 0 Å². The van der Waals surface area contributed by atoms with Crippen molar-refractivity contribution in [2.24, 2.45) is 0 Å². The maximum absolute atomic E-state index is 14.0. The first-order valence-electron chi connectivity index (χ1n) is 7.30. The summed E-state index contributed by atoms with van der Waals surface area (Å²) in [6.45, 7) is 0.459. The lowest BCUT2D eigenvalue weighted by Gasteiger charge is -2.07. The van der Waals surface area contributed by atoms with Crippen molar-refractivity contribution in [2.75, 3.05) is 11.9 Å². The Bertz CT molecular complexity index is 897. The third kappa shape index (κ3) is 4.47. The van der Waals surface area contributed by atoms with Gasteiger partial charge in [-0.1, -0.05) is 12.1 Å². The van der Waals surface area contributed by atoms with Crippen LogP contribution in [0.15, 0.2) is 42.5 Å². The van der Waals surface area contributed by atoms with E-state index in [-0.39, 0.29) is 16.8 Å². The monoisotopic (exact) mass is 360 g/mol. The summed E-state index contributed by atoms with van der Waals surface area (Å²) in [5.41, 5.74) is -0.944. The number of benzene rings is 2. The second kappa shape index (κ2) is 7.97. The summed E-state index contributed by atoms with van der Waals surface area (Å²) in [6.07, 6.45) is 0. The molecule has 134 valence electrons. The first-order chi connectivity index (χ1) is 12.3. The van der Waals surface area contributed by atoms with Gasteiger partial charge < -0.3 is 10.1 Å². The lowest BCUT2D eigenvalue weighted by Crippen LogP contribution is -2.16. The largest absolute Gasteiger partial charge is 0.454 e. The third-order valence-electron chi connectivity index (χ3n) is 3.24. The summed E-state index contributed by atoms with van der Waals surface area (Å²) in [6, 6.07) is 8.52. The van der Waals surface area contributed by atoms with Gasteiger partial charge in [-0.25, -0.2) is 9.18 Å². The van der Waals surface area contributed by atoms with Gasteiger partial charge in [0.1, 0.15) is 11.4 Å². The Labute approximate surface area is 146 Å². The number of ether oxygens (including phenoxy) is 1. The lowest BCUT2D eigenvalue weighted by atomic mass is 10.1. The fraction of sp³-hybridized carbons (Fsp3) is 0.118. The number of rotatable bonds is 6. The number of halogens is 1. The average Bonchev–Trinajstić information content (AvgIpc) is 2.59. The van der Waals surface area contributed by atoms with E-state index < -0.39 is 40.7 Å². The normalized spacial score (nSPS) is 10.1. The highest BCUT2D eigenvalue weighted by Gasteiger charge is 2.22. The van der Waals surface area contributed by atoms with Crippen LogP contribution in [0.3, 0.4) is 0 Å². The van der Waals surface area contributed by atoms with E-state index in [1.54, 1.807) is 0 Å². The van der Waals surface area contributed by atoms with Crippen LogP contribution in [0.5, 0.6) is 0 Å². The van der Waals surface area contributed by atoms with Crippen LogP contribution < -0.4 is 5.32 Å². The van der Waals surface area contributed by atoms with Gasteiger partial charge in [-0.05, 0) is 24.3 Å². The molecule has 0 radical (unpaired) electrons. The van der Waals surface area contributed by atoms with Gasteiger partial charge in [0.2, 0.25) is 11.7 Å². The molecule has 1 amide bonds. The molecule has 9 heteroatoms. The van der Waals surface area contributed by atoms with Crippen molar-refractivity contribution in [3.05, 3.63) is 69.5 Å². The maximum Gasteiger partial charge on any atom is 0.345 e. The molecular weight excluding hydrogens is 347 g/mol. The summed E-state index contributed by atoms with van der Waals surface area (Å²) >= 11 is 0. The molecule has 0 aliphatic heterocycles. The highest BCUT2D eigenvalue weighted by atomic mass is 19.1. The van der Waals surface area contributed by atoms with Crippen LogP contribution in [0.4, 0.5) is 15.8 Å². The molecule has 2 aromatic rings. The minimum Gasteiger partial charge on any atom is -0.454 e. The Morgan fingerprint density at radius 2 is 1.85 bits per heavy atom.